The molecule has 1 atom stereocenters. The number of anilines is 1. The van der Waals surface area contributed by atoms with E-state index in [4.69, 9.17) is 11.6 Å². The minimum Gasteiger partial charge on any atom is -0.364 e. The first-order valence-corrected chi connectivity index (χ1v) is 6.96. The lowest BCUT2D eigenvalue weighted by atomic mass is 10.1. The maximum atomic E-state index is 12.0. The van der Waals surface area contributed by atoms with Crippen LogP contribution in [-0.4, -0.2) is 9.13 Å². The number of hydrogen-bond acceptors (Lipinski definition) is 4. The van der Waals surface area contributed by atoms with Crippen molar-refractivity contribution in [3.63, 3.8) is 0 Å². The molecule has 0 amide bonds. The Hall–Kier alpha value is -2.52. The van der Waals surface area contributed by atoms with Gasteiger partial charge in [-0.05, 0) is 24.6 Å². The van der Waals surface area contributed by atoms with E-state index < -0.39 is 11.2 Å². The van der Waals surface area contributed by atoms with Gasteiger partial charge in [0.1, 0.15) is 11.9 Å². The highest BCUT2D eigenvalue weighted by Gasteiger charge is 2.17. The summed E-state index contributed by atoms with van der Waals surface area (Å²) in [5.74, 6) is 0.197. The molecule has 0 aliphatic heterocycles. The van der Waals surface area contributed by atoms with Crippen LogP contribution in [0.3, 0.4) is 0 Å². The van der Waals surface area contributed by atoms with Gasteiger partial charge in [-0.3, -0.25) is 13.9 Å². The first-order chi connectivity index (χ1) is 10.4. The zero-order valence-corrected chi connectivity index (χ0v) is 13.2. The van der Waals surface area contributed by atoms with Gasteiger partial charge in [0.25, 0.3) is 5.56 Å². The van der Waals surface area contributed by atoms with Gasteiger partial charge in [0, 0.05) is 25.2 Å². The highest BCUT2D eigenvalue weighted by atomic mass is 35.5. The fourth-order valence-corrected chi connectivity index (χ4v) is 2.38. The lowest BCUT2D eigenvalue weighted by Gasteiger charge is -2.19. The second-order valence-electron chi connectivity index (χ2n) is 4.96. The molecule has 114 valence electrons. The van der Waals surface area contributed by atoms with Crippen LogP contribution in [0.25, 0.3) is 0 Å². The lowest BCUT2D eigenvalue weighted by Crippen LogP contribution is -2.40. The molecule has 0 fully saturated rings. The first kappa shape index (κ1) is 15.9. The van der Waals surface area contributed by atoms with Gasteiger partial charge in [0.2, 0.25) is 0 Å². The Morgan fingerprint density at radius 3 is 2.55 bits per heavy atom. The highest BCUT2D eigenvalue weighted by molar-refractivity contribution is 6.30. The molecule has 22 heavy (non-hydrogen) atoms. The fraction of sp³-hybridized carbons (Fsp3) is 0.267. The largest absolute Gasteiger partial charge is 0.364 e. The maximum absolute atomic E-state index is 12.0. The quantitative estimate of drug-likeness (QED) is 0.935. The first-order valence-electron chi connectivity index (χ1n) is 6.59. The number of benzene rings is 1. The zero-order chi connectivity index (χ0) is 16.4. The number of nitrogens with one attached hydrogen (secondary N) is 1. The molecule has 1 aromatic carbocycles. The summed E-state index contributed by atoms with van der Waals surface area (Å²) in [6, 6.07) is 8.84. The van der Waals surface area contributed by atoms with Gasteiger partial charge in [-0.2, -0.15) is 5.26 Å². The SMILES string of the molecule is CC(Nc1c(C#N)c(=O)n(C)c(=O)n1C)c1cccc(Cl)c1. The maximum Gasteiger partial charge on any atom is 0.332 e. The lowest BCUT2D eigenvalue weighted by molar-refractivity contribution is 0.678. The summed E-state index contributed by atoms with van der Waals surface area (Å²) in [5, 5.41) is 12.9. The molecule has 1 heterocycles. The third kappa shape index (κ3) is 2.76. The molecule has 2 rings (SSSR count). The summed E-state index contributed by atoms with van der Waals surface area (Å²) in [6.07, 6.45) is 0. The summed E-state index contributed by atoms with van der Waals surface area (Å²) < 4.78 is 2.16. The Morgan fingerprint density at radius 1 is 1.27 bits per heavy atom. The van der Waals surface area contributed by atoms with Crippen LogP contribution in [0.1, 0.15) is 24.1 Å². The number of rotatable bonds is 3. The summed E-state index contributed by atoms with van der Waals surface area (Å²) in [7, 11) is 2.85. The van der Waals surface area contributed by atoms with Crippen LogP contribution < -0.4 is 16.6 Å². The molecule has 0 aliphatic rings. The second kappa shape index (κ2) is 6.08. The molecule has 1 N–H and O–H groups in total. The van der Waals surface area contributed by atoms with Crippen molar-refractivity contribution < 1.29 is 0 Å². The minimum absolute atomic E-state index is 0.0986. The molecule has 7 heteroatoms. The predicted octanol–water partition coefficient (Wildman–Crippen LogP) is 1.78. The van der Waals surface area contributed by atoms with Crippen molar-refractivity contribution in [3.8, 4) is 6.07 Å². The predicted molar refractivity (Wildman–Crippen MR) is 85.1 cm³/mol. The van der Waals surface area contributed by atoms with Crippen molar-refractivity contribution in [1.29, 1.82) is 5.26 Å². The molecule has 1 aromatic heterocycles. The summed E-state index contributed by atoms with van der Waals surface area (Å²) in [5.41, 5.74) is -0.334. The molecule has 1 unspecified atom stereocenters. The van der Waals surface area contributed by atoms with Crippen LogP contribution in [0.5, 0.6) is 0 Å². The van der Waals surface area contributed by atoms with E-state index >= 15 is 0 Å². The van der Waals surface area contributed by atoms with Crippen LogP contribution in [0.15, 0.2) is 33.9 Å². The van der Waals surface area contributed by atoms with Crippen molar-refractivity contribution in [2.75, 3.05) is 5.32 Å². The second-order valence-corrected chi connectivity index (χ2v) is 5.40. The van der Waals surface area contributed by atoms with Crippen LogP contribution in [0.4, 0.5) is 5.82 Å². The van der Waals surface area contributed by atoms with E-state index in [9.17, 15) is 14.9 Å². The van der Waals surface area contributed by atoms with E-state index in [2.05, 4.69) is 5.32 Å². The standard InChI is InChI=1S/C15H15ClN4O2/c1-9(10-5-4-6-11(16)7-10)18-13-12(8-17)14(21)20(3)15(22)19(13)2/h4-7,9,18H,1-3H3. The van der Waals surface area contributed by atoms with E-state index in [0.717, 1.165) is 10.1 Å². The molecule has 0 spiro atoms. The van der Waals surface area contributed by atoms with E-state index in [0.29, 0.717) is 5.02 Å². The van der Waals surface area contributed by atoms with E-state index in [1.165, 1.54) is 18.7 Å². The third-order valence-electron chi connectivity index (χ3n) is 3.48. The number of aromatic nitrogens is 2. The van der Waals surface area contributed by atoms with Crippen molar-refractivity contribution in [3.05, 3.63) is 61.3 Å². The van der Waals surface area contributed by atoms with Gasteiger partial charge in [0.05, 0.1) is 0 Å². The third-order valence-corrected chi connectivity index (χ3v) is 3.71. The highest BCUT2D eigenvalue weighted by Crippen LogP contribution is 2.21. The van der Waals surface area contributed by atoms with Gasteiger partial charge in [-0.15, -0.1) is 0 Å². The van der Waals surface area contributed by atoms with Crippen LogP contribution >= 0.6 is 11.6 Å². The molecular weight excluding hydrogens is 304 g/mol. The van der Waals surface area contributed by atoms with Crippen molar-refractivity contribution in [2.45, 2.75) is 13.0 Å². The number of nitrogens with zero attached hydrogens (tertiary/aromatic N) is 3. The topological polar surface area (TPSA) is 79.8 Å². The average molecular weight is 319 g/mol. The minimum atomic E-state index is -0.619. The molecule has 0 saturated carbocycles. The van der Waals surface area contributed by atoms with Crippen molar-refractivity contribution in [1.82, 2.24) is 9.13 Å². The monoisotopic (exact) mass is 318 g/mol. The molecule has 6 nitrogen and oxygen atoms in total. The fourth-order valence-electron chi connectivity index (χ4n) is 2.18. The van der Waals surface area contributed by atoms with E-state index in [1.54, 1.807) is 12.1 Å². The Kier molecular flexibility index (Phi) is 4.38. The van der Waals surface area contributed by atoms with Crippen LogP contribution in [-0.2, 0) is 14.1 Å². The number of halogens is 1. The van der Waals surface area contributed by atoms with E-state index in [1.807, 2.05) is 25.1 Å². The molecule has 0 radical (unpaired) electrons. The summed E-state index contributed by atoms with van der Waals surface area (Å²) >= 11 is 5.96. The Labute approximate surface area is 132 Å². The van der Waals surface area contributed by atoms with Crippen molar-refractivity contribution >= 4 is 17.4 Å². The summed E-state index contributed by atoms with van der Waals surface area (Å²) in [6.45, 7) is 1.86. The smallest absolute Gasteiger partial charge is 0.332 e. The van der Waals surface area contributed by atoms with Gasteiger partial charge in [0.15, 0.2) is 5.56 Å². The number of nitriles is 1. The van der Waals surface area contributed by atoms with Gasteiger partial charge >= 0.3 is 5.69 Å². The number of hydrogen-bond donors (Lipinski definition) is 1. The van der Waals surface area contributed by atoms with Gasteiger partial charge in [-0.1, -0.05) is 23.7 Å². The van der Waals surface area contributed by atoms with Gasteiger partial charge < -0.3 is 5.32 Å². The Morgan fingerprint density at radius 2 is 1.95 bits per heavy atom. The van der Waals surface area contributed by atoms with E-state index in [-0.39, 0.29) is 17.4 Å². The molecular formula is C15H15ClN4O2. The molecule has 2 aromatic rings. The molecule has 0 bridgehead atoms. The molecule has 0 saturated heterocycles. The Bertz CT molecular complexity index is 877. The average Bonchev–Trinajstić information content (AvgIpc) is 2.50. The van der Waals surface area contributed by atoms with Crippen molar-refractivity contribution in [2.24, 2.45) is 14.1 Å². The van der Waals surface area contributed by atoms with Crippen LogP contribution in [0, 0.1) is 11.3 Å². The Balaban J connectivity index is 2.53. The normalized spacial score (nSPS) is 11.8. The van der Waals surface area contributed by atoms with Crippen LogP contribution in [0.2, 0.25) is 5.02 Å². The zero-order valence-electron chi connectivity index (χ0n) is 12.4. The van der Waals surface area contributed by atoms with Gasteiger partial charge in [-0.25, -0.2) is 4.79 Å². The summed E-state index contributed by atoms with van der Waals surface area (Å²) in [4.78, 5) is 24.0. The molecule has 0 aliphatic carbocycles.